The minimum atomic E-state index is -0.106. The molecule has 0 bridgehead atoms. The predicted molar refractivity (Wildman–Crippen MR) is 93.5 cm³/mol. The number of nitrogens with zero attached hydrogens (tertiary/aromatic N) is 2. The van der Waals surface area contributed by atoms with Gasteiger partial charge in [-0.25, -0.2) is 0 Å². The molecule has 1 saturated heterocycles. The average Bonchev–Trinajstić information content (AvgIpc) is 2.91. The summed E-state index contributed by atoms with van der Waals surface area (Å²) < 4.78 is 15.9. The molecule has 0 saturated carbocycles. The molecular formula is C18H26N2O5. The summed E-state index contributed by atoms with van der Waals surface area (Å²) in [5, 5.41) is 0. The molecule has 1 heterocycles. The Balaban J connectivity index is 2.21. The van der Waals surface area contributed by atoms with E-state index in [0.29, 0.717) is 55.4 Å². The van der Waals surface area contributed by atoms with Crippen molar-refractivity contribution in [3.63, 3.8) is 0 Å². The maximum Gasteiger partial charge on any atom is 0.254 e. The molecule has 2 amide bonds. The third-order valence-corrected chi connectivity index (χ3v) is 4.35. The Hall–Kier alpha value is -2.44. The van der Waals surface area contributed by atoms with Crippen LogP contribution in [0.1, 0.15) is 30.1 Å². The van der Waals surface area contributed by atoms with Crippen molar-refractivity contribution < 1.29 is 23.8 Å². The maximum absolute atomic E-state index is 12.9. The lowest BCUT2D eigenvalue weighted by Gasteiger charge is -2.22. The molecule has 0 aromatic heterocycles. The fourth-order valence-electron chi connectivity index (χ4n) is 2.98. The van der Waals surface area contributed by atoms with Crippen LogP contribution in [-0.4, -0.2) is 69.1 Å². The molecule has 7 nitrogen and oxygen atoms in total. The molecular weight excluding hydrogens is 324 g/mol. The summed E-state index contributed by atoms with van der Waals surface area (Å²) in [5.74, 6) is 1.37. The molecule has 1 fully saturated rings. The first-order chi connectivity index (χ1) is 12.0. The number of hydrogen-bond donors (Lipinski definition) is 0. The number of methoxy groups -OCH3 is 3. The van der Waals surface area contributed by atoms with Gasteiger partial charge in [-0.3, -0.25) is 9.59 Å². The van der Waals surface area contributed by atoms with Crippen molar-refractivity contribution >= 4 is 11.8 Å². The topological polar surface area (TPSA) is 68.3 Å². The summed E-state index contributed by atoms with van der Waals surface area (Å²) >= 11 is 0. The van der Waals surface area contributed by atoms with Crippen LogP contribution in [-0.2, 0) is 4.79 Å². The molecule has 1 aliphatic heterocycles. The van der Waals surface area contributed by atoms with Crippen molar-refractivity contribution in [2.75, 3.05) is 47.5 Å². The van der Waals surface area contributed by atoms with Gasteiger partial charge in [-0.1, -0.05) is 6.92 Å². The smallest absolute Gasteiger partial charge is 0.254 e. The van der Waals surface area contributed by atoms with E-state index in [9.17, 15) is 9.59 Å². The zero-order chi connectivity index (χ0) is 18.4. The Morgan fingerprint density at radius 1 is 0.920 bits per heavy atom. The molecule has 138 valence electrons. The van der Waals surface area contributed by atoms with Crippen LogP contribution in [0.5, 0.6) is 17.2 Å². The van der Waals surface area contributed by atoms with Crippen LogP contribution < -0.4 is 14.2 Å². The fourth-order valence-corrected chi connectivity index (χ4v) is 2.98. The summed E-state index contributed by atoms with van der Waals surface area (Å²) in [6.45, 7) is 4.23. The zero-order valence-electron chi connectivity index (χ0n) is 15.3. The predicted octanol–water partition coefficient (Wildman–Crippen LogP) is 1.80. The van der Waals surface area contributed by atoms with Gasteiger partial charge in [0.2, 0.25) is 11.7 Å². The first kappa shape index (κ1) is 18.9. The number of carbonyl (C=O) groups excluding carboxylic acids is 2. The van der Waals surface area contributed by atoms with Crippen molar-refractivity contribution in [1.29, 1.82) is 0 Å². The number of benzene rings is 1. The number of amides is 2. The number of rotatable bonds is 5. The Morgan fingerprint density at radius 3 is 2.00 bits per heavy atom. The first-order valence-corrected chi connectivity index (χ1v) is 8.42. The summed E-state index contributed by atoms with van der Waals surface area (Å²) in [4.78, 5) is 28.4. The van der Waals surface area contributed by atoms with E-state index in [-0.39, 0.29) is 11.8 Å². The van der Waals surface area contributed by atoms with Crippen molar-refractivity contribution in [1.82, 2.24) is 9.80 Å². The molecule has 1 aliphatic rings. The molecule has 7 heteroatoms. The summed E-state index contributed by atoms with van der Waals surface area (Å²) in [5.41, 5.74) is 0.477. The molecule has 0 atom stereocenters. The van der Waals surface area contributed by atoms with Gasteiger partial charge in [0.1, 0.15) is 0 Å². The molecule has 0 spiro atoms. The van der Waals surface area contributed by atoms with E-state index < -0.39 is 0 Å². The highest BCUT2D eigenvalue weighted by Crippen LogP contribution is 2.38. The molecule has 25 heavy (non-hydrogen) atoms. The lowest BCUT2D eigenvalue weighted by atomic mass is 10.1. The van der Waals surface area contributed by atoms with E-state index in [1.807, 2.05) is 11.8 Å². The van der Waals surface area contributed by atoms with E-state index >= 15 is 0 Å². The van der Waals surface area contributed by atoms with E-state index in [0.717, 1.165) is 6.42 Å². The molecule has 2 rings (SSSR count). The quantitative estimate of drug-likeness (QED) is 0.810. The van der Waals surface area contributed by atoms with Crippen molar-refractivity contribution in [2.45, 2.75) is 19.8 Å². The van der Waals surface area contributed by atoms with E-state index in [1.165, 1.54) is 21.3 Å². The Kier molecular flexibility index (Phi) is 6.50. The van der Waals surface area contributed by atoms with Crippen molar-refractivity contribution in [3.05, 3.63) is 17.7 Å². The second-order valence-corrected chi connectivity index (χ2v) is 5.79. The normalized spacial score (nSPS) is 14.7. The van der Waals surface area contributed by atoms with Crippen LogP contribution in [0, 0.1) is 0 Å². The largest absolute Gasteiger partial charge is 0.493 e. The second kappa shape index (κ2) is 8.60. The fraction of sp³-hybridized carbons (Fsp3) is 0.556. The van der Waals surface area contributed by atoms with E-state index in [2.05, 4.69) is 0 Å². The van der Waals surface area contributed by atoms with Crippen LogP contribution in [0.2, 0.25) is 0 Å². The number of carbonyl (C=O) groups is 2. The second-order valence-electron chi connectivity index (χ2n) is 5.79. The summed E-state index contributed by atoms with van der Waals surface area (Å²) in [6.07, 6.45) is 1.25. The summed E-state index contributed by atoms with van der Waals surface area (Å²) in [7, 11) is 4.56. The maximum atomic E-state index is 12.9. The van der Waals surface area contributed by atoms with E-state index in [1.54, 1.807) is 17.0 Å². The molecule has 1 aromatic carbocycles. The van der Waals surface area contributed by atoms with Crippen LogP contribution in [0.4, 0.5) is 0 Å². The van der Waals surface area contributed by atoms with Gasteiger partial charge < -0.3 is 24.0 Å². The lowest BCUT2D eigenvalue weighted by Crippen LogP contribution is -2.37. The molecule has 0 N–H and O–H groups in total. The van der Waals surface area contributed by atoms with Crippen LogP contribution in [0.25, 0.3) is 0 Å². The zero-order valence-corrected chi connectivity index (χ0v) is 15.3. The number of ether oxygens (including phenoxy) is 3. The summed E-state index contributed by atoms with van der Waals surface area (Å²) in [6, 6.07) is 3.31. The molecule has 0 aliphatic carbocycles. The van der Waals surface area contributed by atoms with E-state index in [4.69, 9.17) is 14.2 Å². The Bertz CT molecular complexity index is 607. The van der Waals surface area contributed by atoms with Gasteiger partial charge in [0.25, 0.3) is 5.91 Å². The van der Waals surface area contributed by atoms with Crippen molar-refractivity contribution in [2.24, 2.45) is 0 Å². The van der Waals surface area contributed by atoms with Crippen LogP contribution in [0.3, 0.4) is 0 Å². The highest BCUT2D eigenvalue weighted by Gasteiger charge is 2.24. The monoisotopic (exact) mass is 350 g/mol. The Morgan fingerprint density at radius 2 is 1.48 bits per heavy atom. The van der Waals surface area contributed by atoms with Gasteiger partial charge in [0.15, 0.2) is 11.5 Å². The Labute approximate surface area is 148 Å². The average molecular weight is 350 g/mol. The molecule has 1 aromatic rings. The third-order valence-electron chi connectivity index (χ3n) is 4.35. The lowest BCUT2D eigenvalue weighted by molar-refractivity contribution is -0.130. The SMILES string of the molecule is CCC(=O)N1CCCN(C(=O)c2cc(OC)c(OC)c(OC)c2)CC1. The van der Waals surface area contributed by atoms with Gasteiger partial charge >= 0.3 is 0 Å². The highest BCUT2D eigenvalue weighted by molar-refractivity contribution is 5.95. The highest BCUT2D eigenvalue weighted by atomic mass is 16.5. The molecule has 0 unspecified atom stereocenters. The van der Waals surface area contributed by atoms with Crippen LogP contribution >= 0.6 is 0 Å². The van der Waals surface area contributed by atoms with Gasteiger partial charge in [0, 0.05) is 38.2 Å². The standard InChI is InChI=1S/C18H26N2O5/c1-5-16(21)19-7-6-8-20(10-9-19)18(22)13-11-14(23-2)17(25-4)15(12-13)24-3/h11-12H,5-10H2,1-4H3. The number of hydrogen-bond acceptors (Lipinski definition) is 5. The van der Waals surface area contributed by atoms with Gasteiger partial charge in [-0.15, -0.1) is 0 Å². The minimum Gasteiger partial charge on any atom is -0.493 e. The minimum absolute atomic E-state index is 0.106. The molecule has 0 radical (unpaired) electrons. The van der Waals surface area contributed by atoms with Gasteiger partial charge in [-0.05, 0) is 18.6 Å². The van der Waals surface area contributed by atoms with Crippen LogP contribution in [0.15, 0.2) is 12.1 Å². The first-order valence-electron chi connectivity index (χ1n) is 8.42. The third kappa shape index (κ3) is 4.15. The van der Waals surface area contributed by atoms with Crippen molar-refractivity contribution in [3.8, 4) is 17.2 Å². The van der Waals surface area contributed by atoms with Gasteiger partial charge in [-0.2, -0.15) is 0 Å². The van der Waals surface area contributed by atoms with Gasteiger partial charge in [0.05, 0.1) is 21.3 Å².